The van der Waals surface area contributed by atoms with Crippen LogP contribution in [-0.2, 0) is 27.6 Å². The first-order chi connectivity index (χ1) is 20.5. The van der Waals surface area contributed by atoms with Gasteiger partial charge >= 0.3 is 5.97 Å². The lowest BCUT2D eigenvalue weighted by atomic mass is 9.92. The van der Waals surface area contributed by atoms with Crippen molar-refractivity contribution in [2.45, 2.75) is 63.2 Å². The Morgan fingerprint density at radius 2 is 1.88 bits per heavy atom. The van der Waals surface area contributed by atoms with Gasteiger partial charge < -0.3 is 19.3 Å². The number of methoxy groups -OCH3 is 1. The smallest absolute Gasteiger partial charge is 0.355 e. The van der Waals surface area contributed by atoms with Crippen LogP contribution in [0.3, 0.4) is 0 Å². The minimum atomic E-state index is -0.450. The van der Waals surface area contributed by atoms with Crippen LogP contribution in [0.4, 0.5) is 0 Å². The van der Waals surface area contributed by atoms with Crippen molar-refractivity contribution in [1.29, 1.82) is 0 Å². The third-order valence-electron chi connectivity index (χ3n) is 7.58. The number of thiophene rings is 2. The van der Waals surface area contributed by atoms with Crippen molar-refractivity contribution in [1.82, 2.24) is 15.0 Å². The summed E-state index contributed by atoms with van der Waals surface area (Å²) < 4.78 is 10.8. The molecule has 0 amide bonds. The number of benzene rings is 1. The highest BCUT2D eigenvalue weighted by molar-refractivity contribution is 7.11. The highest BCUT2D eigenvalue weighted by Gasteiger charge is 2.30. The van der Waals surface area contributed by atoms with E-state index in [0.717, 1.165) is 48.4 Å². The number of hydrogen-bond donors (Lipinski definition) is 1. The van der Waals surface area contributed by atoms with Crippen molar-refractivity contribution in [2.75, 3.05) is 20.7 Å². The molecule has 4 aromatic rings. The standard InChI is InChI=1S/C30H34ClN3O6S2/c1-34(13-3-8-27-32-29(33-38-27)22-17-24(37-2)19(18-35)16-23(22)31)20-9-11-21(12-10-20)39-40-30(36)28(25-6-4-14-41-25)26-7-5-15-42-26/h4-7,14-17,20-21,28,35H,3,8-13,18H2,1-2H3. The minimum absolute atomic E-state index is 0.0976. The van der Waals surface area contributed by atoms with E-state index in [2.05, 4.69) is 22.1 Å². The number of aromatic nitrogens is 2. The second kappa shape index (κ2) is 14.6. The molecule has 0 aliphatic heterocycles. The Labute approximate surface area is 257 Å². The first-order valence-electron chi connectivity index (χ1n) is 13.9. The van der Waals surface area contributed by atoms with Crippen LogP contribution in [0.25, 0.3) is 11.4 Å². The van der Waals surface area contributed by atoms with E-state index in [-0.39, 0.29) is 18.7 Å². The average Bonchev–Trinajstić information content (AvgIpc) is 3.81. The van der Waals surface area contributed by atoms with Crippen LogP contribution in [0.15, 0.2) is 51.7 Å². The summed E-state index contributed by atoms with van der Waals surface area (Å²) in [6.07, 6.45) is 5.00. The Bertz CT molecular complexity index is 1390. The largest absolute Gasteiger partial charge is 0.496 e. The third-order valence-corrected chi connectivity index (χ3v) is 9.76. The van der Waals surface area contributed by atoms with E-state index in [1.807, 2.05) is 35.0 Å². The maximum absolute atomic E-state index is 13.0. The minimum Gasteiger partial charge on any atom is -0.496 e. The molecule has 0 saturated heterocycles. The molecule has 3 heterocycles. The number of hydrogen-bond acceptors (Lipinski definition) is 11. The van der Waals surface area contributed by atoms with Gasteiger partial charge in [0, 0.05) is 33.3 Å². The predicted octanol–water partition coefficient (Wildman–Crippen LogP) is 6.50. The maximum atomic E-state index is 13.0. The molecule has 1 saturated carbocycles. The molecule has 224 valence electrons. The van der Waals surface area contributed by atoms with Crippen molar-refractivity contribution in [3.05, 3.63) is 73.4 Å². The molecular formula is C30H34ClN3O6S2. The number of carbonyl (C=O) groups excluding carboxylic acids is 1. The molecule has 3 aromatic heterocycles. The second-order valence-corrected chi connectivity index (χ2v) is 12.7. The molecule has 0 unspecified atom stereocenters. The van der Waals surface area contributed by atoms with Gasteiger partial charge in [0.2, 0.25) is 11.7 Å². The fourth-order valence-electron chi connectivity index (χ4n) is 5.24. The van der Waals surface area contributed by atoms with Gasteiger partial charge in [-0.05, 0) is 80.7 Å². The molecular weight excluding hydrogens is 598 g/mol. The van der Waals surface area contributed by atoms with Crippen molar-refractivity contribution < 1.29 is 28.9 Å². The Morgan fingerprint density at radius 1 is 1.17 bits per heavy atom. The number of carbonyl (C=O) groups is 1. The summed E-state index contributed by atoms with van der Waals surface area (Å²) >= 11 is 9.48. The van der Waals surface area contributed by atoms with Crippen molar-refractivity contribution in [2.24, 2.45) is 0 Å². The van der Waals surface area contributed by atoms with Gasteiger partial charge in [-0.1, -0.05) is 28.9 Å². The first-order valence-corrected chi connectivity index (χ1v) is 16.0. The number of halogens is 1. The second-order valence-electron chi connectivity index (χ2n) is 10.3. The summed E-state index contributed by atoms with van der Waals surface area (Å²) in [6.45, 7) is 0.703. The Balaban J connectivity index is 1.05. The van der Waals surface area contributed by atoms with E-state index in [9.17, 15) is 9.90 Å². The van der Waals surface area contributed by atoms with Crippen LogP contribution in [0.5, 0.6) is 5.75 Å². The normalized spacial score (nSPS) is 17.2. The van der Waals surface area contributed by atoms with E-state index in [4.69, 9.17) is 30.6 Å². The van der Waals surface area contributed by atoms with Gasteiger partial charge in [0.05, 0.1) is 18.7 Å². The van der Waals surface area contributed by atoms with Crippen LogP contribution in [0, 0.1) is 0 Å². The van der Waals surface area contributed by atoms with Gasteiger partial charge in [-0.3, -0.25) is 4.89 Å². The molecule has 0 atom stereocenters. The lowest BCUT2D eigenvalue weighted by molar-refractivity contribution is -0.303. The molecule has 12 heteroatoms. The van der Waals surface area contributed by atoms with Crippen LogP contribution in [-0.4, -0.2) is 59.0 Å². The fourth-order valence-corrected chi connectivity index (χ4v) is 7.24. The molecule has 1 aliphatic rings. The van der Waals surface area contributed by atoms with E-state index in [1.165, 1.54) is 7.11 Å². The summed E-state index contributed by atoms with van der Waals surface area (Å²) in [5.74, 6) is 0.634. The highest BCUT2D eigenvalue weighted by atomic mass is 35.5. The van der Waals surface area contributed by atoms with E-state index >= 15 is 0 Å². The van der Waals surface area contributed by atoms with Crippen LogP contribution >= 0.6 is 34.3 Å². The number of aliphatic hydroxyl groups excluding tert-OH is 1. The van der Waals surface area contributed by atoms with Gasteiger partial charge in [0.15, 0.2) is 0 Å². The zero-order valence-electron chi connectivity index (χ0n) is 23.5. The monoisotopic (exact) mass is 631 g/mol. The summed E-state index contributed by atoms with van der Waals surface area (Å²) in [4.78, 5) is 32.8. The molecule has 1 N–H and O–H groups in total. The quantitative estimate of drug-likeness (QED) is 0.131. The van der Waals surface area contributed by atoms with Gasteiger partial charge in [-0.25, -0.2) is 4.79 Å². The van der Waals surface area contributed by atoms with Crippen molar-refractivity contribution >= 4 is 40.2 Å². The molecule has 42 heavy (non-hydrogen) atoms. The Hall–Kier alpha value is -2.80. The molecule has 0 radical (unpaired) electrons. The molecule has 1 aliphatic carbocycles. The molecule has 1 aromatic carbocycles. The molecule has 1 fully saturated rings. The number of rotatable bonds is 13. The van der Waals surface area contributed by atoms with E-state index in [0.29, 0.717) is 46.1 Å². The van der Waals surface area contributed by atoms with E-state index < -0.39 is 5.92 Å². The molecule has 9 nitrogen and oxygen atoms in total. The van der Waals surface area contributed by atoms with Gasteiger partial charge in [0.25, 0.3) is 0 Å². The summed E-state index contributed by atoms with van der Waals surface area (Å²) in [6, 6.07) is 11.6. The molecule has 5 rings (SSSR count). The van der Waals surface area contributed by atoms with Crippen molar-refractivity contribution in [3.63, 3.8) is 0 Å². The van der Waals surface area contributed by atoms with Crippen LogP contribution < -0.4 is 4.74 Å². The summed E-state index contributed by atoms with van der Waals surface area (Å²) in [5.41, 5.74) is 1.19. The number of aliphatic hydroxyl groups is 1. The Morgan fingerprint density at radius 3 is 2.50 bits per heavy atom. The zero-order chi connectivity index (χ0) is 29.5. The SMILES string of the molecule is COc1cc(-c2noc(CCCN(C)C3CCC(OOC(=O)C(c4cccs4)c4cccs4)CC3)n2)c(Cl)cc1CO. The zero-order valence-corrected chi connectivity index (χ0v) is 25.9. The third kappa shape index (κ3) is 7.39. The lowest BCUT2D eigenvalue weighted by Crippen LogP contribution is -2.38. The number of aryl methyl sites for hydroxylation is 1. The van der Waals surface area contributed by atoms with E-state index in [1.54, 1.807) is 34.8 Å². The predicted molar refractivity (Wildman–Crippen MR) is 162 cm³/mol. The summed E-state index contributed by atoms with van der Waals surface area (Å²) in [7, 11) is 3.67. The Kier molecular flexibility index (Phi) is 10.6. The molecule has 0 bridgehead atoms. The van der Waals surface area contributed by atoms with Gasteiger partial charge in [-0.15, -0.1) is 22.7 Å². The van der Waals surface area contributed by atoms with Gasteiger partial charge in [-0.2, -0.15) is 9.87 Å². The number of nitrogens with zero attached hydrogens (tertiary/aromatic N) is 3. The first kappa shape index (κ1) is 30.7. The maximum Gasteiger partial charge on any atom is 0.355 e. The summed E-state index contributed by atoms with van der Waals surface area (Å²) in [5, 5.41) is 17.9. The average molecular weight is 632 g/mol. The van der Waals surface area contributed by atoms with Crippen LogP contribution in [0.2, 0.25) is 5.02 Å². The fraction of sp³-hybridized carbons (Fsp3) is 0.433. The van der Waals surface area contributed by atoms with Crippen LogP contribution in [0.1, 0.15) is 59.2 Å². The molecule has 0 spiro atoms. The van der Waals surface area contributed by atoms with Gasteiger partial charge in [0.1, 0.15) is 17.8 Å². The number of ether oxygens (including phenoxy) is 1. The lowest BCUT2D eigenvalue weighted by Gasteiger charge is -2.33. The van der Waals surface area contributed by atoms with Crippen molar-refractivity contribution in [3.8, 4) is 17.1 Å². The topological polar surface area (TPSA) is 107 Å². The highest BCUT2D eigenvalue weighted by Crippen LogP contribution is 2.34.